The molecule has 0 aliphatic carbocycles. The van der Waals surface area contributed by atoms with Crippen LogP contribution in [0.1, 0.15) is 30.0 Å². The second-order valence-electron chi connectivity index (χ2n) is 7.20. The number of urea groups is 1. The Morgan fingerprint density at radius 2 is 1.76 bits per heavy atom. The van der Waals surface area contributed by atoms with Gasteiger partial charge in [-0.2, -0.15) is 13.2 Å². The van der Waals surface area contributed by atoms with E-state index in [9.17, 15) is 22.8 Å². The Labute approximate surface area is 166 Å². The van der Waals surface area contributed by atoms with Crippen LogP contribution in [0.25, 0.3) is 0 Å². The number of ether oxygens (including phenoxy) is 1. The molecular weight excluding hydrogens is 385 g/mol. The van der Waals surface area contributed by atoms with Gasteiger partial charge in [0.1, 0.15) is 11.3 Å². The number of halogens is 3. The summed E-state index contributed by atoms with van der Waals surface area (Å²) in [4.78, 5) is 26.1. The summed E-state index contributed by atoms with van der Waals surface area (Å²) in [7, 11) is 1.57. The van der Waals surface area contributed by atoms with Crippen molar-refractivity contribution in [3.63, 3.8) is 0 Å². The zero-order chi connectivity index (χ0) is 21.2. The fraction of sp³-hybridized carbons (Fsp3) is 0.333. The number of methoxy groups -OCH3 is 1. The van der Waals surface area contributed by atoms with Crippen molar-refractivity contribution in [2.75, 3.05) is 7.11 Å². The van der Waals surface area contributed by atoms with Crippen molar-refractivity contribution in [1.29, 1.82) is 0 Å². The number of amides is 3. The van der Waals surface area contributed by atoms with Crippen LogP contribution in [0.3, 0.4) is 0 Å². The minimum Gasteiger partial charge on any atom is -0.497 e. The van der Waals surface area contributed by atoms with Crippen LogP contribution in [0.4, 0.5) is 18.0 Å². The standard InChI is InChI=1S/C21H21F3N2O3/c1-20(11-10-14-6-8-17(29-2)9-7-14)18(27)26(19(28)25-20)13-15-4-3-5-16(12-15)21(22,23)24/h3-9,12H,10-11,13H2,1-2H3,(H,25,28)/t20-/m0/s1. The maximum absolute atomic E-state index is 12.9. The van der Waals surface area contributed by atoms with E-state index >= 15 is 0 Å². The minimum atomic E-state index is -4.49. The van der Waals surface area contributed by atoms with Crippen molar-refractivity contribution < 1.29 is 27.5 Å². The number of imide groups is 1. The minimum absolute atomic E-state index is 0.216. The molecular formula is C21H21F3N2O3. The first-order valence-corrected chi connectivity index (χ1v) is 9.05. The molecule has 1 aliphatic heterocycles. The zero-order valence-corrected chi connectivity index (χ0v) is 16.0. The molecule has 0 bridgehead atoms. The van der Waals surface area contributed by atoms with Gasteiger partial charge >= 0.3 is 12.2 Å². The van der Waals surface area contributed by atoms with Crippen LogP contribution < -0.4 is 10.1 Å². The molecule has 1 saturated heterocycles. The van der Waals surface area contributed by atoms with Gasteiger partial charge in [0.2, 0.25) is 0 Å². The molecule has 0 aromatic heterocycles. The fourth-order valence-electron chi connectivity index (χ4n) is 3.28. The molecule has 0 unspecified atom stereocenters. The Balaban J connectivity index is 1.69. The number of hydrogen-bond donors (Lipinski definition) is 1. The Morgan fingerprint density at radius 1 is 1.07 bits per heavy atom. The molecule has 2 aromatic carbocycles. The molecule has 3 rings (SSSR count). The molecule has 29 heavy (non-hydrogen) atoms. The molecule has 8 heteroatoms. The van der Waals surface area contributed by atoms with Crippen LogP contribution in [-0.4, -0.2) is 29.5 Å². The van der Waals surface area contributed by atoms with Crippen LogP contribution in [-0.2, 0) is 23.9 Å². The highest BCUT2D eigenvalue weighted by Crippen LogP contribution is 2.31. The Morgan fingerprint density at radius 3 is 2.38 bits per heavy atom. The highest BCUT2D eigenvalue weighted by Gasteiger charge is 2.47. The number of nitrogens with one attached hydrogen (secondary N) is 1. The summed E-state index contributed by atoms with van der Waals surface area (Å²) >= 11 is 0. The van der Waals surface area contributed by atoms with Gasteiger partial charge in [-0.05, 0) is 55.2 Å². The summed E-state index contributed by atoms with van der Waals surface area (Å²) in [5.41, 5.74) is -0.712. The molecule has 0 saturated carbocycles. The molecule has 154 valence electrons. The summed E-state index contributed by atoms with van der Waals surface area (Å²) in [5.74, 6) is 0.269. The number of carbonyl (C=O) groups is 2. The van der Waals surface area contributed by atoms with E-state index in [4.69, 9.17) is 4.74 Å². The third kappa shape index (κ3) is 4.52. The number of rotatable bonds is 6. The first-order chi connectivity index (χ1) is 13.6. The zero-order valence-electron chi connectivity index (χ0n) is 16.0. The van der Waals surface area contributed by atoms with E-state index in [1.165, 1.54) is 12.1 Å². The topological polar surface area (TPSA) is 58.6 Å². The van der Waals surface area contributed by atoms with Crippen molar-refractivity contribution in [2.24, 2.45) is 0 Å². The number of alkyl halides is 3. The number of benzene rings is 2. The Hall–Kier alpha value is -3.03. The normalized spacial score (nSPS) is 19.4. The van der Waals surface area contributed by atoms with Gasteiger partial charge in [0.25, 0.3) is 5.91 Å². The Kier molecular flexibility index (Phi) is 5.55. The quantitative estimate of drug-likeness (QED) is 0.733. The van der Waals surface area contributed by atoms with Gasteiger partial charge in [0.05, 0.1) is 19.2 Å². The molecule has 1 N–H and O–H groups in total. The summed E-state index contributed by atoms with van der Waals surface area (Å²) in [6.45, 7) is 1.41. The van der Waals surface area contributed by atoms with E-state index in [2.05, 4.69) is 5.32 Å². The van der Waals surface area contributed by atoms with Crippen LogP contribution in [0, 0.1) is 0 Å². The van der Waals surface area contributed by atoms with Crippen LogP contribution >= 0.6 is 0 Å². The van der Waals surface area contributed by atoms with Gasteiger partial charge in [0.15, 0.2) is 0 Å². The average Bonchev–Trinajstić information content (AvgIpc) is 2.90. The first kappa shape index (κ1) is 20.7. The van der Waals surface area contributed by atoms with E-state index in [1.807, 2.05) is 24.3 Å². The molecule has 1 aliphatic rings. The van der Waals surface area contributed by atoms with Crippen molar-refractivity contribution in [2.45, 2.75) is 38.0 Å². The highest BCUT2D eigenvalue weighted by molar-refractivity contribution is 6.06. The predicted molar refractivity (Wildman–Crippen MR) is 100 cm³/mol. The summed E-state index contributed by atoms with van der Waals surface area (Å²) in [6.07, 6.45) is -3.58. The van der Waals surface area contributed by atoms with E-state index in [-0.39, 0.29) is 12.1 Å². The molecule has 0 spiro atoms. The summed E-state index contributed by atoms with van der Waals surface area (Å²) < 4.78 is 43.8. The average molecular weight is 406 g/mol. The lowest BCUT2D eigenvalue weighted by Gasteiger charge is -2.22. The van der Waals surface area contributed by atoms with E-state index in [1.54, 1.807) is 14.0 Å². The SMILES string of the molecule is COc1ccc(CC[C@]2(C)NC(=O)N(Cc3cccc(C(F)(F)F)c3)C2=O)cc1. The highest BCUT2D eigenvalue weighted by atomic mass is 19.4. The molecule has 0 radical (unpaired) electrons. The monoisotopic (exact) mass is 406 g/mol. The maximum Gasteiger partial charge on any atom is 0.416 e. The summed E-state index contributed by atoms with van der Waals surface area (Å²) in [6, 6.07) is 11.4. The number of carbonyl (C=O) groups excluding carboxylic acids is 2. The smallest absolute Gasteiger partial charge is 0.416 e. The second kappa shape index (κ2) is 7.77. The first-order valence-electron chi connectivity index (χ1n) is 9.05. The lowest BCUT2D eigenvalue weighted by Crippen LogP contribution is -2.44. The third-order valence-electron chi connectivity index (χ3n) is 5.01. The number of hydrogen-bond acceptors (Lipinski definition) is 3. The van der Waals surface area contributed by atoms with Crippen molar-refractivity contribution >= 4 is 11.9 Å². The van der Waals surface area contributed by atoms with E-state index in [0.29, 0.717) is 12.8 Å². The number of nitrogens with zero attached hydrogens (tertiary/aromatic N) is 1. The fourth-order valence-corrected chi connectivity index (χ4v) is 3.28. The molecule has 3 amide bonds. The van der Waals surface area contributed by atoms with Crippen molar-refractivity contribution in [3.8, 4) is 5.75 Å². The van der Waals surface area contributed by atoms with Gasteiger partial charge in [-0.15, -0.1) is 0 Å². The van der Waals surface area contributed by atoms with Crippen molar-refractivity contribution in [1.82, 2.24) is 10.2 Å². The molecule has 1 fully saturated rings. The maximum atomic E-state index is 12.9. The number of aryl methyl sites for hydroxylation is 1. The Bertz CT molecular complexity index is 912. The van der Waals surface area contributed by atoms with Gasteiger partial charge < -0.3 is 10.1 Å². The van der Waals surface area contributed by atoms with Crippen LogP contribution in [0.2, 0.25) is 0 Å². The molecule has 2 aromatic rings. The van der Waals surface area contributed by atoms with Gasteiger partial charge in [-0.25, -0.2) is 4.79 Å². The van der Waals surface area contributed by atoms with Crippen LogP contribution in [0.15, 0.2) is 48.5 Å². The molecule has 1 heterocycles. The van der Waals surface area contributed by atoms with Gasteiger partial charge in [0, 0.05) is 0 Å². The summed E-state index contributed by atoms with van der Waals surface area (Å²) in [5, 5.41) is 2.68. The molecule has 5 nitrogen and oxygen atoms in total. The third-order valence-corrected chi connectivity index (χ3v) is 5.01. The lowest BCUT2D eigenvalue weighted by atomic mass is 9.93. The predicted octanol–water partition coefficient (Wildman–Crippen LogP) is 4.16. The molecule has 1 atom stereocenters. The second-order valence-corrected chi connectivity index (χ2v) is 7.20. The lowest BCUT2D eigenvalue weighted by molar-refractivity contribution is -0.137. The van der Waals surface area contributed by atoms with Gasteiger partial charge in [-0.1, -0.05) is 24.3 Å². The van der Waals surface area contributed by atoms with Gasteiger partial charge in [-0.3, -0.25) is 9.69 Å². The largest absolute Gasteiger partial charge is 0.497 e. The van der Waals surface area contributed by atoms with E-state index < -0.39 is 29.2 Å². The van der Waals surface area contributed by atoms with E-state index in [0.717, 1.165) is 28.3 Å². The van der Waals surface area contributed by atoms with Crippen LogP contribution in [0.5, 0.6) is 5.75 Å². The van der Waals surface area contributed by atoms with Crippen molar-refractivity contribution in [3.05, 3.63) is 65.2 Å².